The van der Waals surface area contributed by atoms with Gasteiger partial charge in [0.15, 0.2) is 11.6 Å². The fourth-order valence-corrected chi connectivity index (χ4v) is 1.19. The van der Waals surface area contributed by atoms with E-state index in [1.165, 1.54) is 6.92 Å². The van der Waals surface area contributed by atoms with Gasteiger partial charge in [0.05, 0.1) is 0 Å². The summed E-state index contributed by atoms with van der Waals surface area (Å²) in [4.78, 5) is 14.3. The zero-order valence-corrected chi connectivity index (χ0v) is 9.78. The van der Waals surface area contributed by atoms with Crippen molar-refractivity contribution in [3.05, 3.63) is 16.7 Å². The van der Waals surface area contributed by atoms with Crippen LogP contribution in [0.3, 0.4) is 0 Å². The van der Waals surface area contributed by atoms with E-state index in [9.17, 15) is 4.79 Å². The van der Waals surface area contributed by atoms with E-state index in [2.05, 4.69) is 20.9 Å². The summed E-state index contributed by atoms with van der Waals surface area (Å²) in [5.74, 6) is 0.441. The molecular weight excluding hydrogens is 264 g/mol. The summed E-state index contributed by atoms with van der Waals surface area (Å²) in [5.41, 5.74) is 5.57. The molecule has 5 nitrogen and oxygen atoms in total. The Hall–Kier alpha value is -1.30. The molecule has 2 N–H and O–H groups in total. The van der Waals surface area contributed by atoms with Crippen LogP contribution >= 0.6 is 15.9 Å². The number of rotatable bonds is 4. The lowest BCUT2D eigenvalue weighted by atomic mass is 10.4. The summed E-state index contributed by atoms with van der Waals surface area (Å²) in [6, 6.07) is 1.70. The van der Waals surface area contributed by atoms with Crippen LogP contribution in [0.5, 0.6) is 5.75 Å². The Morgan fingerprint density at radius 3 is 3.00 bits per heavy atom. The zero-order chi connectivity index (χ0) is 11.3. The number of nitrogens with zero attached hydrogens (tertiary/aromatic N) is 1. The van der Waals surface area contributed by atoms with Gasteiger partial charge in [0.2, 0.25) is 0 Å². The molecule has 0 bridgehead atoms. The molecule has 0 aliphatic rings. The van der Waals surface area contributed by atoms with Crippen molar-refractivity contribution in [2.45, 2.75) is 6.92 Å². The highest BCUT2D eigenvalue weighted by Crippen LogP contribution is 2.22. The van der Waals surface area contributed by atoms with Gasteiger partial charge < -0.3 is 15.2 Å². The summed E-state index contributed by atoms with van der Waals surface area (Å²) in [6.07, 6.45) is 1.58. The first-order valence-corrected chi connectivity index (χ1v) is 5.06. The molecule has 0 atom stereocenters. The number of carbonyl (C=O) groups is 1. The van der Waals surface area contributed by atoms with Crippen molar-refractivity contribution in [1.82, 2.24) is 4.98 Å². The maximum Gasteiger partial charge on any atom is 0.302 e. The molecule has 0 aliphatic carbocycles. The Kier molecular flexibility index (Phi) is 4.36. The first-order chi connectivity index (χ1) is 7.09. The molecule has 0 radical (unpaired) electrons. The van der Waals surface area contributed by atoms with Crippen LogP contribution in [0.15, 0.2) is 16.7 Å². The lowest BCUT2D eigenvalue weighted by Crippen LogP contribution is -2.10. The molecule has 1 aromatic rings. The van der Waals surface area contributed by atoms with Crippen LogP contribution in [0.2, 0.25) is 0 Å². The average Bonchev–Trinajstić information content (AvgIpc) is 2.17. The number of nitrogen functional groups attached to an aromatic ring is 1. The lowest BCUT2D eigenvalue weighted by Gasteiger charge is -2.08. The molecule has 1 aromatic heterocycles. The highest BCUT2D eigenvalue weighted by Gasteiger charge is 2.02. The second-order valence-electron chi connectivity index (χ2n) is 2.73. The summed E-state index contributed by atoms with van der Waals surface area (Å²) in [5, 5.41) is 0. The predicted molar refractivity (Wildman–Crippen MR) is 58.5 cm³/mol. The smallest absolute Gasteiger partial charge is 0.302 e. The van der Waals surface area contributed by atoms with E-state index in [0.29, 0.717) is 11.6 Å². The minimum atomic E-state index is -0.334. The third kappa shape index (κ3) is 4.16. The second-order valence-corrected chi connectivity index (χ2v) is 3.64. The molecule has 0 saturated heterocycles. The Morgan fingerprint density at radius 1 is 1.60 bits per heavy atom. The third-order valence-electron chi connectivity index (χ3n) is 1.49. The van der Waals surface area contributed by atoms with Crippen LogP contribution in [0.4, 0.5) is 5.82 Å². The average molecular weight is 275 g/mol. The highest BCUT2D eigenvalue weighted by atomic mass is 79.9. The van der Waals surface area contributed by atoms with Gasteiger partial charge in [-0.15, -0.1) is 0 Å². The normalized spacial score (nSPS) is 9.73. The van der Waals surface area contributed by atoms with Crippen LogP contribution in [-0.4, -0.2) is 24.2 Å². The number of esters is 1. The minimum Gasteiger partial charge on any atom is -0.486 e. The number of anilines is 1. The molecule has 6 heteroatoms. The number of pyridine rings is 1. The van der Waals surface area contributed by atoms with Gasteiger partial charge in [-0.3, -0.25) is 4.79 Å². The molecule has 0 fully saturated rings. The van der Waals surface area contributed by atoms with Gasteiger partial charge >= 0.3 is 5.97 Å². The molecule has 15 heavy (non-hydrogen) atoms. The second kappa shape index (κ2) is 5.55. The summed E-state index contributed by atoms with van der Waals surface area (Å²) in [6.45, 7) is 1.79. The Labute approximate surface area is 95.7 Å². The minimum absolute atomic E-state index is 0.196. The van der Waals surface area contributed by atoms with E-state index in [-0.39, 0.29) is 19.2 Å². The maximum absolute atomic E-state index is 10.5. The van der Waals surface area contributed by atoms with Gasteiger partial charge in [0.25, 0.3) is 0 Å². The molecule has 1 rings (SSSR count). The van der Waals surface area contributed by atoms with Crippen molar-refractivity contribution < 1.29 is 14.3 Å². The fourth-order valence-electron chi connectivity index (χ4n) is 0.884. The van der Waals surface area contributed by atoms with Crippen LogP contribution < -0.4 is 10.5 Å². The predicted octanol–water partition coefficient (Wildman–Crippen LogP) is 1.37. The van der Waals surface area contributed by atoms with E-state index >= 15 is 0 Å². The van der Waals surface area contributed by atoms with E-state index in [0.717, 1.165) is 4.47 Å². The number of carbonyl (C=O) groups excluding carboxylic acids is 1. The van der Waals surface area contributed by atoms with E-state index in [1.807, 2.05) is 0 Å². The van der Waals surface area contributed by atoms with Crippen LogP contribution in [0, 0.1) is 0 Å². The number of nitrogens with two attached hydrogens (primary N) is 1. The summed E-state index contributed by atoms with van der Waals surface area (Å²) < 4.78 is 10.7. The number of aromatic nitrogens is 1. The van der Waals surface area contributed by atoms with Crippen molar-refractivity contribution in [2.24, 2.45) is 0 Å². The van der Waals surface area contributed by atoms with E-state index in [4.69, 9.17) is 15.2 Å². The monoisotopic (exact) mass is 274 g/mol. The molecular formula is C9H11BrN2O3. The van der Waals surface area contributed by atoms with Gasteiger partial charge in [-0.1, -0.05) is 0 Å². The Bertz CT molecular complexity index is 357. The molecule has 0 aliphatic heterocycles. The Balaban J connectivity index is 2.43. The standard InChI is InChI=1S/C9H11BrN2O3/c1-6(13)14-2-3-15-8-4-7(10)5-12-9(8)11/h4-5H,2-3H2,1H3,(H2,11,12). The molecule has 0 spiro atoms. The largest absolute Gasteiger partial charge is 0.486 e. The molecule has 0 aromatic carbocycles. The van der Waals surface area contributed by atoms with E-state index in [1.54, 1.807) is 12.3 Å². The van der Waals surface area contributed by atoms with Gasteiger partial charge in [0, 0.05) is 17.6 Å². The number of halogens is 1. The molecule has 0 unspecified atom stereocenters. The lowest BCUT2D eigenvalue weighted by molar-refractivity contribution is -0.141. The van der Waals surface area contributed by atoms with Gasteiger partial charge in [-0.25, -0.2) is 4.98 Å². The Morgan fingerprint density at radius 2 is 2.33 bits per heavy atom. The first kappa shape index (κ1) is 11.8. The van der Waals surface area contributed by atoms with Gasteiger partial charge in [-0.05, 0) is 22.0 Å². The van der Waals surface area contributed by atoms with Crippen molar-refractivity contribution >= 4 is 27.7 Å². The maximum atomic E-state index is 10.5. The third-order valence-corrected chi connectivity index (χ3v) is 1.93. The topological polar surface area (TPSA) is 74.4 Å². The van der Waals surface area contributed by atoms with Crippen LogP contribution in [0.25, 0.3) is 0 Å². The zero-order valence-electron chi connectivity index (χ0n) is 8.20. The molecule has 1 heterocycles. The SMILES string of the molecule is CC(=O)OCCOc1cc(Br)cnc1N. The van der Waals surface area contributed by atoms with Crippen molar-refractivity contribution in [3.8, 4) is 5.75 Å². The van der Waals surface area contributed by atoms with Crippen molar-refractivity contribution in [3.63, 3.8) is 0 Å². The van der Waals surface area contributed by atoms with Crippen molar-refractivity contribution in [2.75, 3.05) is 18.9 Å². The fraction of sp³-hybridized carbons (Fsp3) is 0.333. The van der Waals surface area contributed by atoms with Crippen LogP contribution in [-0.2, 0) is 9.53 Å². The van der Waals surface area contributed by atoms with E-state index < -0.39 is 0 Å². The summed E-state index contributed by atoms with van der Waals surface area (Å²) >= 11 is 3.25. The number of hydrogen-bond acceptors (Lipinski definition) is 5. The highest BCUT2D eigenvalue weighted by molar-refractivity contribution is 9.10. The molecule has 82 valence electrons. The van der Waals surface area contributed by atoms with Gasteiger partial charge in [-0.2, -0.15) is 0 Å². The summed E-state index contributed by atoms with van der Waals surface area (Å²) in [7, 11) is 0. The number of hydrogen-bond donors (Lipinski definition) is 1. The van der Waals surface area contributed by atoms with Crippen LogP contribution in [0.1, 0.15) is 6.92 Å². The van der Waals surface area contributed by atoms with Crippen molar-refractivity contribution in [1.29, 1.82) is 0 Å². The quantitative estimate of drug-likeness (QED) is 0.663. The molecule has 0 amide bonds. The number of ether oxygens (including phenoxy) is 2. The van der Waals surface area contributed by atoms with Gasteiger partial charge in [0.1, 0.15) is 13.2 Å². The first-order valence-electron chi connectivity index (χ1n) is 4.27. The molecule has 0 saturated carbocycles.